The predicted octanol–water partition coefficient (Wildman–Crippen LogP) is 4.50. The summed E-state index contributed by atoms with van der Waals surface area (Å²) in [5.74, 6) is -12.5. The number of nitrogens with two attached hydrogens (primary N) is 3. The van der Waals surface area contributed by atoms with Gasteiger partial charge < -0.3 is 74.3 Å². The van der Waals surface area contributed by atoms with Crippen molar-refractivity contribution in [3.63, 3.8) is 0 Å². The Morgan fingerprint density at radius 1 is 0.477 bits per heavy atom. The molecule has 0 aliphatic carbocycles. The fraction of sp³-hybridized carbons (Fsp3) is 0.494. The number of aliphatic imine (C=N–C) groups is 1. The molecule has 7 heterocycles. The fourth-order valence-corrected chi connectivity index (χ4v) is 16.9. The minimum atomic E-state index is -1.47. The van der Waals surface area contributed by atoms with Gasteiger partial charge in [-0.3, -0.25) is 62.5 Å². The third-order valence-corrected chi connectivity index (χ3v) is 23.4. The van der Waals surface area contributed by atoms with E-state index < -0.39 is 155 Å². The first kappa shape index (κ1) is 81.9. The molecule has 0 spiro atoms. The van der Waals surface area contributed by atoms with Crippen LogP contribution in [0.15, 0.2) is 121 Å². The number of hydrogen-bond acceptors (Lipinski definition) is 19. The number of carbonyl (C=O) groups is 12. The van der Waals surface area contributed by atoms with Crippen molar-refractivity contribution in [3.8, 4) is 0 Å². The maximum atomic E-state index is 15.8. The molecule has 8 amide bonds. The molecule has 3 aromatic heterocycles. The van der Waals surface area contributed by atoms with Gasteiger partial charge in [-0.1, -0.05) is 108 Å². The number of ketones is 4. The van der Waals surface area contributed by atoms with E-state index in [1.54, 1.807) is 55.9 Å². The van der Waals surface area contributed by atoms with E-state index in [4.69, 9.17) is 17.2 Å². The molecular formula is C79H102N16O12S2. The number of aromatic nitrogens is 4. The van der Waals surface area contributed by atoms with E-state index in [0.717, 1.165) is 43.4 Å². The van der Waals surface area contributed by atoms with Gasteiger partial charge in [-0.25, -0.2) is 4.98 Å². The largest absolute Gasteiger partial charge is 0.361 e. The summed E-state index contributed by atoms with van der Waals surface area (Å²) in [5, 5.41) is 21.8. The number of nitrogens with one attached hydrogen (secondary N) is 10. The van der Waals surface area contributed by atoms with Gasteiger partial charge in [0.2, 0.25) is 47.3 Å². The zero-order chi connectivity index (χ0) is 77.3. The zero-order valence-corrected chi connectivity index (χ0v) is 63.2. The van der Waals surface area contributed by atoms with E-state index in [1.165, 1.54) is 17.4 Å². The number of Topliss-reactive ketones (excluding diaryl/α,β-unsaturated/α-hetero) is 4. The molecule has 16 N–H and O–H groups in total. The highest BCUT2D eigenvalue weighted by molar-refractivity contribution is 8.76. The van der Waals surface area contributed by atoms with E-state index in [2.05, 4.69) is 62.1 Å². The molecule has 4 aliphatic rings. The van der Waals surface area contributed by atoms with Crippen molar-refractivity contribution in [1.82, 2.24) is 62.1 Å². The van der Waals surface area contributed by atoms with E-state index in [9.17, 15) is 19.2 Å². The van der Waals surface area contributed by atoms with Crippen molar-refractivity contribution < 1.29 is 57.5 Å². The van der Waals surface area contributed by atoms with Crippen LogP contribution in [0.25, 0.3) is 21.8 Å². The number of para-hydroxylation sites is 2. The second-order valence-corrected chi connectivity index (χ2v) is 31.5. The van der Waals surface area contributed by atoms with Crippen LogP contribution in [0.3, 0.4) is 0 Å². The lowest BCUT2D eigenvalue weighted by Crippen LogP contribution is -2.65. The number of fused-ring (bicyclic) bond motifs is 8. The summed E-state index contributed by atoms with van der Waals surface area (Å²) < 4.78 is 0. The topological polar surface area (TPSA) is 443 Å². The fourth-order valence-electron chi connectivity index (χ4n) is 14.4. The molecule has 0 unspecified atom stereocenters. The quantitative estimate of drug-likeness (QED) is 0.0328. The van der Waals surface area contributed by atoms with E-state index in [-0.39, 0.29) is 102 Å². The molecule has 28 nitrogen and oxygen atoms in total. The summed E-state index contributed by atoms with van der Waals surface area (Å²) in [6.07, 6.45) is 11.3. The maximum Gasteiger partial charge on any atom is 0.246 e. The van der Waals surface area contributed by atoms with Crippen LogP contribution in [-0.4, -0.2) is 187 Å². The molecule has 3 fully saturated rings. The Hall–Kier alpha value is -9.62. The van der Waals surface area contributed by atoms with Crippen LogP contribution in [0, 0.1) is 23.7 Å². The van der Waals surface area contributed by atoms with Crippen LogP contribution in [0.5, 0.6) is 0 Å². The van der Waals surface area contributed by atoms with Gasteiger partial charge in [-0.05, 0) is 113 Å². The van der Waals surface area contributed by atoms with Crippen molar-refractivity contribution >= 4 is 120 Å². The Morgan fingerprint density at radius 3 is 1.62 bits per heavy atom. The highest BCUT2D eigenvalue weighted by Gasteiger charge is 2.44. The minimum Gasteiger partial charge on any atom is -0.361 e. The monoisotopic (exact) mass is 1530 g/mol. The van der Waals surface area contributed by atoms with Crippen molar-refractivity contribution in [2.75, 3.05) is 37.7 Å². The molecule has 0 saturated carbocycles. The van der Waals surface area contributed by atoms with Gasteiger partial charge in [0.15, 0.2) is 5.78 Å². The molecule has 109 heavy (non-hydrogen) atoms. The number of allylic oxidation sites excluding steroid dienone is 1. The number of benzene rings is 3. The molecule has 30 heteroatoms. The van der Waals surface area contributed by atoms with Gasteiger partial charge in [0.25, 0.3) is 0 Å². The summed E-state index contributed by atoms with van der Waals surface area (Å²) in [4.78, 5) is 202. The number of aromatic amines is 3. The third-order valence-electron chi connectivity index (χ3n) is 20.9. The van der Waals surface area contributed by atoms with E-state index >= 15 is 38.4 Å². The molecular weight excluding hydrogens is 1430 g/mol. The van der Waals surface area contributed by atoms with Crippen LogP contribution in [0.2, 0.25) is 0 Å². The normalized spacial score (nSPS) is 25.5. The molecule has 6 aromatic rings. The first-order valence-electron chi connectivity index (χ1n) is 38.0. The smallest absolute Gasteiger partial charge is 0.246 e. The Labute approximate surface area is 641 Å². The third kappa shape index (κ3) is 23.0. The maximum absolute atomic E-state index is 15.8. The molecule has 3 aromatic carbocycles. The van der Waals surface area contributed by atoms with Crippen LogP contribution in [0.4, 0.5) is 0 Å². The first-order valence-corrected chi connectivity index (χ1v) is 40.5. The number of nitrogens with zero attached hydrogens (tertiary/aromatic N) is 3. The van der Waals surface area contributed by atoms with Gasteiger partial charge in [-0.2, -0.15) is 0 Å². The predicted molar refractivity (Wildman–Crippen MR) is 418 cm³/mol. The van der Waals surface area contributed by atoms with Crippen LogP contribution >= 0.6 is 21.6 Å². The summed E-state index contributed by atoms with van der Waals surface area (Å²) in [5.41, 5.74) is 22.2. The lowest BCUT2D eigenvalue weighted by atomic mass is 9.82. The van der Waals surface area contributed by atoms with Crippen molar-refractivity contribution in [2.24, 2.45) is 45.9 Å². The summed E-state index contributed by atoms with van der Waals surface area (Å²) in [6, 6.07) is 12.9. The molecule has 4 aliphatic heterocycles. The Balaban J connectivity index is 1.08. The van der Waals surface area contributed by atoms with Crippen LogP contribution in [0.1, 0.15) is 132 Å². The standard InChI is InChI=1S/C79H102N16O12S2/c1-47-32-69(97)53-38-70(98)50(34-51-41-85-58-22-7-5-20-56(51)58)37-71(99)62(39-54-19-15-30-84-54)90-75(103)63(33-48-16-3-2-4-17-48)91-77(105)65(40-55-43-83-46-87-55)93-78(106)67-26-31-95(67)79(107)66(45-109-108-44-53)94-76(104)64(35-52-42-86-59-23-8-6-21-57(52)59)92-74(102)61(25-11-14-29-82)89-73(101)60(24-10-13-28-81)88-72(100)49(36-68(47)96)18-9-12-27-80/h2-8,16-17,19-23,30,41-43,46-47,49-50,53,60-67,85-86H,9-15,18,24-29,31-40,44-45,80-82H2,1H3,(H,83,87)(H,88,100)(H,89,101)(H,90,103)(H,91,105)(H,92,102)(H,93,106)(H,94,104)/t47-,49-,50-,53+,60+,61+,62+,63-,64+,65+,66+,67+/m1/s1. The minimum absolute atomic E-state index is 0.00471. The Bertz CT molecular complexity index is 4240. The average molecular weight is 1530 g/mol. The number of amides is 8. The number of rotatable bonds is 22. The van der Waals surface area contributed by atoms with Crippen molar-refractivity contribution in [3.05, 3.63) is 138 Å². The Kier molecular flexibility index (Phi) is 30.6. The zero-order valence-electron chi connectivity index (χ0n) is 61.6. The SMILES string of the molecule is C[C@@H]1CC(=O)[C@@H]2CSSC[C@H](NC(=O)[C@H](Cc3c[nH]c4ccccc34)NC(=O)[C@H](CCCCN)NC(=O)[C@H](CCCCN)NC(=O)[C@H](CCCCN)CC1=O)C(=O)N1CC[C@H]1C(=O)N[C@@H](Cc1cnc[nH]1)C(=O)N[C@H](Cc1ccccc1)C(=O)N[C@@H](CC1=CCC=N1)C(=O)C[C@@H](Cc1c[nH]c3ccccc13)C(=O)C2. The van der Waals surface area contributed by atoms with Crippen LogP contribution in [-0.2, 0) is 83.2 Å². The van der Waals surface area contributed by atoms with E-state index in [1.807, 2.05) is 54.6 Å². The average Bonchev–Trinajstić information content (AvgIpc) is 1.27. The lowest BCUT2D eigenvalue weighted by Gasteiger charge is -2.42. The molecule has 3 saturated heterocycles. The van der Waals surface area contributed by atoms with Gasteiger partial charge in [-0.15, -0.1) is 0 Å². The van der Waals surface area contributed by atoms with Gasteiger partial charge >= 0.3 is 0 Å². The van der Waals surface area contributed by atoms with Gasteiger partial charge in [0, 0.05) is 158 Å². The molecule has 12 atom stereocenters. The number of unbranched alkanes of at least 4 members (excludes halogenated alkanes) is 3. The molecule has 10 rings (SSSR count). The molecule has 2 bridgehead atoms. The van der Waals surface area contributed by atoms with Gasteiger partial charge in [0.05, 0.1) is 12.4 Å². The highest BCUT2D eigenvalue weighted by atomic mass is 33.1. The lowest BCUT2D eigenvalue weighted by molar-refractivity contribution is -0.150. The molecule has 0 radical (unpaired) electrons. The second-order valence-electron chi connectivity index (χ2n) is 28.9. The van der Waals surface area contributed by atoms with Gasteiger partial charge in [0.1, 0.15) is 59.6 Å². The molecule has 582 valence electrons. The highest BCUT2D eigenvalue weighted by Crippen LogP contribution is 2.33. The van der Waals surface area contributed by atoms with Crippen LogP contribution < -0.4 is 54.4 Å². The van der Waals surface area contributed by atoms with Crippen molar-refractivity contribution in [1.29, 1.82) is 0 Å². The number of carbonyl (C=O) groups excluding carboxylic acids is 12. The summed E-state index contributed by atoms with van der Waals surface area (Å²) in [7, 11) is 2.21. The Morgan fingerprint density at radius 2 is 1.02 bits per heavy atom. The summed E-state index contributed by atoms with van der Waals surface area (Å²) in [6.45, 7) is 2.44. The summed E-state index contributed by atoms with van der Waals surface area (Å²) >= 11 is 0. The second kappa shape index (κ2) is 40.7. The number of hydrogen-bond donors (Lipinski definition) is 13. The number of imidazole rings is 1. The van der Waals surface area contributed by atoms with Crippen molar-refractivity contribution in [2.45, 2.75) is 184 Å². The van der Waals surface area contributed by atoms with E-state index in [0.29, 0.717) is 79.6 Å². The first-order chi connectivity index (χ1) is 52.8. The number of H-pyrrole nitrogens is 3.